The van der Waals surface area contributed by atoms with Crippen molar-refractivity contribution in [2.45, 2.75) is 44.7 Å². The van der Waals surface area contributed by atoms with Gasteiger partial charge >= 0.3 is 5.69 Å². The van der Waals surface area contributed by atoms with E-state index in [4.69, 9.17) is 0 Å². The van der Waals surface area contributed by atoms with Crippen LogP contribution in [0.15, 0.2) is 29.5 Å². The van der Waals surface area contributed by atoms with Gasteiger partial charge in [-0.25, -0.2) is 19.4 Å². The monoisotopic (exact) mass is 341 g/mol. The van der Waals surface area contributed by atoms with E-state index in [9.17, 15) is 4.79 Å². The van der Waals surface area contributed by atoms with Crippen LogP contribution in [0.4, 0.5) is 0 Å². The molecule has 0 bridgehead atoms. The van der Waals surface area contributed by atoms with Crippen LogP contribution in [-0.2, 0) is 20.0 Å². The lowest BCUT2D eigenvalue weighted by atomic mass is 9.82. The van der Waals surface area contributed by atoms with Gasteiger partial charge in [0, 0.05) is 50.1 Å². The second-order valence-electron chi connectivity index (χ2n) is 6.84. The minimum absolute atomic E-state index is 0.145. The number of nitrogens with zero attached hydrogens (tertiary/aromatic N) is 5. The molecule has 0 unspecified atom stereocenters. The van der Waals surface area contributed by atoms with Crippen LogP contribution in [0.2, 0.25) is 0 Å². The summed E-state index contributed by atoms with van der Waals surface area (Å²) in [5, 5.41) is 14.6. The summed E-state index contributed by atoms with van der Waals surface area (Å²) in [6, 6.07) is 2.32. The Morgan fingerprint density at radius 3 is 3.08 bits per heavy atom. The Kier molecular flexibility index (Phi) is 4.35. The number of rotatable bonds is 5. The molecular formula is C17H23N7O. The molecule has 4 rings (SSSR count). The van der Waals surface area contributed by atoms with E-state index in [-0.39, 0.29) is 5.69 Å². The number of H-pyrrole nitrogens is 1. The number of hydrogen-bond donors (Lipinski definition) is 2. The van der Waals surface area contributed by atoms with Gasteiger partial charge in [0.25, 0.3) is 0 Å². The molecule has 3 aromatic heterocycles. The van der Waals surface area contributed by atoms with Crippen molar-refractivity contribution in [3.05, 3.63) is 46.5 Å². The number of aromatic nitrogens is 6. The van der Waals surface area contributed by atoms with Crippen LogP contribution >= 0.6 is 0 Å². The standard InChI is InChI=1S/C17H23N7O/c1-23-16(21-22-17(23)25)8-13-4-2-3-5-14(13)18-9-12-10-19-15-6-7-20-24(15)11-12/h6-7,10-11,13-14,18H,2-5,8-9H2,1H3,(H,22,25)/t13-,14-/m1/s1. The molecule has 25 heavy (non-hydrogen) atoms. The molecule has 0 aliphatic heterocycles. The molecule has 1 saturated carbocycles. The van der Waals surface area contributed by atoms with Gasteiger partial charge < -0.3 is 5.32 Å². The smallest absolute Gasteiger partial charge is 0.310 e. The molecule has 2 atom stereocenters. The largest absolute Gasteiger partial charge is 0.343 e. The van der Waals surface area contributed by atoms with Crippen molar-refractivity contribution < 1.29 is 0 Å². The van der Waals surface area contributed by atoms with Gasteiger partial charge in [-0.3, -0.25) is 4.57 Å². The van der Waals surface area contributed by atoms with E-state index < -0.39 is 0 Å². The lowest BCUT2D eigenvalue weighted by Crippen LogP contribution is -2.39. The molecule has 1 fully saturated rings. The highest BCUT2D eigenvalue weighted by Crippen LogP contribution is 2.27. The predicted octanol–water partition coefficient (Wildman–Crippen LogP) is 1.04. The fourth-order valence-electron chi connectivity index (χ4n) is 3.71. The molecule has 0 aromatic carbocycles. The summed E-state index contributed by atoms with van der Waals surface area (Å²) in [5.74, 6) is 1.33. The molecule has 0 spiro atoms. The van der Waals surface area contributed by atoms with E-state index in [0.29, 0.717) is 12.0 Å². The van der Waals surface area contributed by atoms with E-state index in [1.807, 2.05) is 18.5 Å². The minimum Gasteiger partial charge on any atom is -0.310 e. The summed E-state index contributed by atoms with van der Waals surface area (Å²) in [5.41, 5.74) is 1.83. The van der Waals surface area contributed by atoms with Crippen LogP contribution in [0.1, 0.15) is 37.1 Å². The zero-order valence-electron chi connectivity index (χ0n) is 14.4. The Hall–Kier alpha value is -2.48. The first-order valence-corrected chi connectivity index (χ1v) is 8.82. The average molecular weight is 341 g/mol. The first-order valence-electron chi connectivity index (χ1n) is 8.82. The van der Waals surface area contributed by atoms with Crippen molar-refractivity contribution in [1.29, 1.82) is 0 Å². The molecule has 1 aliphatic rings. The van der Waals surface area contributed by atoms with Crippen LogP contribution in [0.5, 0.6) is 0 Å². The number of hydrogen-bond acceptors (Lipinski definition) is 5. The Morgan fingerprint density at radius 2 is 2.24 bits per heavy atom. The minimum atomic E-state index is -0.145. The Balaban J connectivity index is 1.43. The van der Waals surface area contributed by atoms with Crippen molar-refractivity contribution in [1.82, 2.24) is 34.7 Å². The highest BCUT2D eigenvalue weighted by molar-refractivity contribution is 5.35. The topological polar surface area (TPSA) is 92.9 Å². The number of aromatic amines is 1. The average Bonchev–Trinajstić information content (AvgIpc) is 3.22. The third-order valence-corrected chi connectivity index (χ3v) is 5.19. The summed E-state index contributed by atoms with van der Waals surface area (Å²) >= 11 is 0. The fourth-order valence-corrected chi connectivity index (χ4v) is 3.71. The zero-order valence-corrected chi connectivity index (χ0v) is 14.4. The lowest BCUT2D eigenvalue weighted by molar-refractivity contribution is 0.254. The molecule has 3 aromatic rings. The van der Waals surface area contributed by atoms with Crippen molar-refractivity contribution in [2.75, 3.05) is 0 Å². The van der Waals surface area contributed by atoms with Crippen LogP contribution < -0.4 is 11.0 Å². The molecule has 2 N–H and O–H groups in total. The van der Waals surface area contributed by atoms with E-state index in [1.54, 1.807) is 22.3 Å². The number of fused-ring (bicyclic) bond motifs is 1. The van der Waals surface area contributed by atoms with Gasteiger partial charge in [0.1, 0.15) is 5.82 Å². The molecular weight excluding hydrogens is 318 g/mol. The molecule has 0 radical (unpaired) electrons. The quantitative estimate of drug-likeness (QED) is 0.723. The first kappa shape index (κ1) is 16.0. The third kappa shape index (κ3) is 3.34. The fraction of sp³-hybridized carbons (Fsp3) is 0.529. The summed E-state index contributed by atoms with van der Waals surface area (Å²) in [4.78, 5) is 16.0. The van der Waals surface area contributed by atoms with Gasteiger partial charge in [0.05, 0.1) is 6.20 Å². The van der Waals surface area contributed by atoms with Crippen LogP contribution in [-0.4, -0.2) is 35.4 Å². The molecule has 132 valence electrons. The summed E-state index contributed by atoms with van der Waals surface area (Å²) in [7, 11) is 1.78. The van der Waals surface area contributed by atoms with Crippen molar-refractivity contribution >= 4 is 5.65 Å². The van der Waals surface area contributed by atoms with Gasteiger partial charge in [-0.05, 0) is 18.8 Å². The summed E-state index contributed by atoms with van der Waals surface area (Å²) < 4.78 is 3.41. The van der Waals surface area contributed by atoms with Crippen LogP contribution in [0, 0.1) is 5.92 Å². The molecule has 8 nitrogen and oxygen atoms in total. The van der Waals surface area contributed by atoms with Crippen molar-refractivity contribution in [3.8, 4) is 0 Å². The van der Waals surface area contributed by atoms with Crippen molar-refractivity contribution in [2.24, 2.45) is 13.0 Å². The maximum absolute atomic E-state index is 11.6. The highest BCUT2D eigenvalue weighted by Gasteiger charge is 2.26. The van der Waals surface area contributed by atoms with Crippen molar-refractivity contribution in [3.63, 3.8) is 0 Å². The Labute approximate surface area is 145 Å². The molecule has 0 saturated heterocycles. The zero-order chi connectivity index (χ0) is 17.2. The van der Waals surface area contributed by atoms with Gasteiger partial charge in [0.15, 0.2) is 5.65 Å². The van der Waals surface area contributed by atoms with E-state index in [1.165, 1.54) is 12.8 Å². The Bertz CT molecular complexity index is 909. The van der Waals surface area contributed by atoms with Gasteiger partial charge in [-0.15, -0.1) is 0 Å². The normalized spacial score (nSPS) is 21.0. The Morgan fingerprint density at radius 1 is 1.36 bits per heavy atom. The number of nitrogens with one attached hydrogen (secondary N) is 2. The third-order valence-electron chi connectivity index (χ3n) is 5.19. The van der Waals surface area contributed by atoms with Gasteiger partial charge in [-0.2, -0.15) is 10.2 Å². The van der Waals surface area contributed by atoms with Gasteiger partial charge in [-0.1, -0.05) is 12.8 Å². The summed E-state index contributed by atoms with van der Waals surface area (Å²) in [6.07, 6.45) is 11.3. The second-order valence-corrected chi connectivity index (χ2v) is 6.84. The molecule has 0 amide bonds. The molecule has 3 heterocycles. The summed E-state index contributed by atoms with van der Waals surface area (Å²) in [6.45, 7) is 0.767. The first-order chi connectivity index (χ1) is 12.2. The van der Waals surface area contributed by atoms with Crippen LogP contribution in [0.3, 0.4) is 0 Å². The van der Waals surface area contributed by atoms with Gasteiger partial charge in [0.2, 0.25) is 0 Å². The second kappa shape index (κ2) is 6.79. The lowest BCUT2D eigenvalue weighted by Gasteiger charge is -2.32. The molecule has 1 aliphatic carbocycles. The molecule has 8 heteroatoms. The van der Waals surface area contributed by atoms with E-state index >= 15 is 0 Å². The van der Waals surface area contributed by atoms with E-state index in [0.717, 1.165) is 42.8 Å². The predicted molar refractivity (Wildman–Crippen MR) is 93.1 cm³/mol. The highest BCUT2D eigenvalue weighted by atomic mass is 16.1. The maximum Gasteiger partial charge on any atom is 0.343 e. The maximum atomic E-state index is 11.6. The van der Waals surface area contributed by atoms with Crippen LogP contribution in [0.25, 0.3) is 5.65 Å². The van der Waals surface area contributed by atoms with E-state index in [2.05, 4.69) is 25.6 Å². The SMILES string of the molecule is Cn1c(C[C@H]2CCCC[C@H]2NCc2cnc3ccnn3c2)n[nH]c1=O.